The van der Waals surface area contributed by atoms with Crippen molar-refractivity contribution >= 4 is 0 Å². The van der Waals surface area contributed by atoms with E-state index in [2.05, 4.69) is 50.4 Å². The maximum atomic E-state index is 5.48. The van der Waals surface area contributed by atoms with E-state index in [9.17, 15) is 0 Å². The van der Waals surface area contributed by atoms with Crippen LogP contribution in [0.3, 0.4) is 0 Å². The van der Waals surface area contributed by atoms with Crippen molar-refractivity contribution in [3.8, 4) is 0 Å². The van der Waals surface area contributed by atoms with Gasteiger partial charge in [-0.3, -0.25) is 0 Å². The first-order chi connectivity index (χ1) is 9.15. The quantitative estimate of drug-likeness (QED) is 0.864. The smallest absolute Gasteiger partial charge is 0.105 e. The molecule has 2 aromatic rings. The Kier molecular flexibility index (Phi) is 4.43. The average molecular weight is 257 g/mol. The third-order valence-corrected chi connectivity index (χ3v) is 3.77. The van der Waals surface area contributed by atoms with E-state index in [0.717, 1.165) is 18.7 Å². The normalized spacial score (nSPS) is 12.6. The molecule has 1 unspecified atom stereocenters. The van der Waals surface area contributed by atoms with E-state index in [1.807, 2.05) is 6.92 Å². The molecule has 0 saturated carbocycles. The molecule has 0 spiro atoms. The highest BCUT2D eigenvalue weighted by molar-refractivity contribution is 5.41. The number of benzene rings is 1. The minimum absolute atomic E-state index is 0.221. The van der Waals surface area contributed by atoms with Gasteiger partial charge in [0.25, 0.3) is 0 Å². The van der Waals surface area contributed by atoms with Gasteiger partial charge in [-0.25, -0.2) is 0 Å². The molecule has 0 aliphatic rings. The molecular formula is C17H23NO. The molecule has 0 radical (unpaired) electrons. The lowest BCUT2D eigenvalue weighted by Gasteiger charge is -2.21. The Bertz CT molecular complexity index is 542. The van der Waals surface area contributed by atoms with Crippen LogP contribution in [-0.2, 0) is 0 Å². The third-order valence-electron chi connectivity index (χ3n) is 3.77. The van der Waals surface area contributed by atoms with Gasteiger partial charge in [0.1, 0.15) is 5.76 Å². The highest BCUT2D eigenvalue weighted by Gasteiger charge is 2.19. The highest BCUT2D eigenvalue weighted by atomic mass is 16.3. The lowest BCUT2D eigenvalue weighted by molar-refractivity contribution is 0.517. The van der Waals surface area contributed by atoms with Crippen molar-refractivity contribution in [2.24, 2.45) is 0 Å². The second-order valence-electron chi connectivity index (χ2n) is 5.11. The van der Waals surface area contributed by atoms with Gasteiger partial charge < -0.3 is 9.73 Å². The largest absolute Gasteiger partial charge is 0.469 e. The van der Waals surface area contributed by atoms with Gasteiger partial charge in [0.2, 0.25) is 0 Å². The summed E-state index contributed by atoms with van der Waals surface area (Å²) in [5.41, 5.74) is 5.28. The predicted octanol–water partition coefficient (Wildman–Crippen LogP) is 4.29. The Balaban J connectivity index is 2.43. The Labute approximate surface area is 115 Å². The van der Waals surface area contributed by atoms with Gasteiger partial charge in [-0.15, -0.1) is 0 Å². The molecule has 19 heavy (non-hydrogen) atoms. The molecule has 0 aliphatic carbocycles. The molecule has 0 amide bonds. The fraction of sp³-hybridized carbons (Fsp3) is 0.412. The molecule has 0 saturated heterocycles. The zero-order valence-corrected chi connectivity index (χ0v) is 12.3. The van der Waals surface area contributed by atoms with Crippen LogP contribution in [0.2, 0.25) is 0 Å². The predicted molar refractivity (Wildman–Crippen MR) is 79.5 cm³/mol. The second-order valence-corrected chi connectivity index (χ2v) is 5.11. The summed E-state index contributed by atoms with van der Waals surface area (Å²) in [6.07, 6.45) is 2.90. The number of furan rings is 1. The van der Waals surface area contributed by atoms with Gasteiger partial charge in [0, 0.05) is 5.56 Å². The molecule has 2 heteroatoms. The van der Waals surface area contributed by atoms with Crippen molar-refractivity contribution in [1.82, 2.24) is 5.32 Å². The molecule has 2 nitrogen and oxygen atoms in total. The first kappa shape index (κ1) is 13.9. The Morgan fingerprint density at radius 2 is 1.89 bits per heavy atom. The number of aryl methyl sites for hydroxylation is 2. The van der Waals surface area contributed by atoms with Crippen molar-refractivity contribution < 1.29 is 4.42 Å². The molecule has 1 atom stereocenters. The van der Waals surface area contributed by atoms with E-state index in [-0.39, 0.29) is 6.04 Å². The second kappa shape index (κ2) is 6.07. The summed E-state index contributed by atoms with van der Waals surface area (Å²) in [6.45, 7) is 9.58. The molecular weight excluding hydrogens is 234 g/mol. The first-order valence-electron chi connectivity index (χ1n) is 6.98. The van der Waals surface area contributed by atoms with Crippen LogP contribution in [0.25, 0.3) is 0 Å². The van der Waals surface area contributed by atoms with Crippen LogP contribution in [0.1, 0.15) is 47.4 Å². The van der Waals surface area contributed by atoms with Crippen LogP contribution in [-0.4, -0.2) is 6.54 Å². The first-order valence-corrected chi connectivity index (χ1v) is 6.98. The van der Waals surface area contributed by atoms with Crippen LogP contribution >= 0.6 is 0 Å². The lowest BCUT2D eigenvalue weighted by Crippen LogP contribution is -2.24. The van der Waals surface area contributed by atoms with Crippen LogP contribution in [0.4, 0.5) is 0 Å². The van der Waals surface area contributed by atoms with Crippen LogP contribution in [0.5, 0.6) is 0 Å². The van der Waals surface area contributed by atoms with Crippen molar-refractivity contribution in [3.63, 3.8) is 0 Å². The zero-order chi connectivity index (χ0) is 13.8. The van der Waals surface area contributed by atoms with E-state index < -0.39 is 0 Å². The maximum absolute atomic E-state index is 5.48. The summed E-state index contributed by atoms with van der Waals surface area (Å²) in [7, 11) is 0. The minimum Gasteiger partial charge on any atom is -0.469 e. The fourth-order valence-electron chi connectivity index (χ4n) is 2.46. The minimum atomic E-state index is 0.221. The van der Waals surface area contributed by atoms with Gasteiger partial charge in [-0.1, -0.05) is 25.1 Å². The number of nitrogens with one attached hydrogen (secondary N) is 1. The Morgan fingerprint density at radius 3 is 2.53 bits per heavy atom. The summed E-state index contributed by atoms with van der Waals surface area (Å²) >= 11 is 0. The van der Waals surface area contributed by atoms with Crippen molar-refractivity contribution in [2.75, 3.05) is 6.54 Å². The fourth-order valence-corrected chi connectivity index (χ4v) is 2.46. The molecule has 1 heterocycles. The monoisotopic (exact) mass is 257 g/mol. The van der Waals surface area contributed by atoms with E-state index in [4.69, 9.17) is 4.42 Å². The standard InChI is InChI=1S/C17H23NO/c1-5-10-18-17(16-9-11-19-14(16)4)15-8-6-7-12(2)13(15)3/h6-9,11,17-18H,5,10H2,1-4H3. The summed E-state index contributed by atoms with van der Waals surface area (Å²) in [5, 5.41) is 3.64. The molecule has 0 bridgehead atoms. The molecule has 1 N–H and O–H groups in total. The Hall–Kier alpha value is -1.54. The van der Waals surface area contributed by atoms with Gasteiger partial charge >= 0.3 is 0 Å². The number of hydrogen-bond acceptors (Lipinski definition) is 2. The van der Waals surface area contributed by atoms with E-state index in [0.29, 0.717) is 0 Å². The van der Waals surface area contributed by atoms with Crippen LogP contribution in [0, 0.1) is 20.8 Å². The molecule has 2 rings (SSSR count). The average Bonchev–Trinajstić information content (AvgIpc) is 2.81. The molecule has 1 aromatic heterocycles. The van der Waals surface area contributed by atoms with Crippen LogP contribution in [0.15, 0.2) is 34.9 Å². The van der Waals surface area contributed by atoms with Crippen molar-refractivity contribution in [3.05, 3.63) is 58.5 Å². The van der Waals surface area contributed by atoms with E-state index >= 15 is 0 Å². The van der Waals surface area contributed by atoms with E-state index in [1.54, 1.807) is 6.26 Å². The molecule has 0 aliphatic heterocycles. The van der Waals surface area contributed by atoms with Gasteiger partial charge in [-0.2, -0.15) is 0 Å². The van der Waals surface area contributed by atoms with E-state index in [1.165, 1.54) is 22.3 Å². The SMILES string of the molecule is CCCNC(c1ccoc1C)c1cccc(C)c1C. The van der Waals surface area contributed by atoms with Gasteiger partial charge in [0.05, 0.1) is 12.3 Å². The van der Waals surface area contributed by atoms with Crippen molar-refractivity contribution in [1.29, 1.82) is 0 Å². The maximum Gasteiger partial charge on any atom is 0.105 e. The summed E-state index contributed by atoms with van der Waals surface area (Å²) < 4.78 is 5.48. The number of hydrogen-bond donors (Lipinski definition) is 1. The molecule has 102 valence electrons. The number of rotatable bonds is 5. The molecule has 1 aromatic carbocycles. The summed E-state index contributed by atoms with van der Waals surface area (Å²) in [5.74, 6) is 0.995. The zero-order valence-electron chi connectivity index (χ0n) is 12.3. The third kappa shape index (κ3) is 2.90. The molecule has 0 fully saturated rings. The summed E-state index contributed by atoms with van der Waals surface area (Å²) in [6, 6.07) is 8.80. The van der Waals surface area contributed by atoms with Crippen molar-refractivity contribution in [2.45, 2.75) is 40.2 Å². The van der Waals surface area contributed by atoms with Gasteiger partial charge in [0.15, 0.2) is 0 Å². The highest BCUT2D eigenvalue weighted by Crippen LogP contribution is 2.29. The van der Waals surface area contributed by atoms with Gasteiger partial charge in [-0.05, 0) is 56.5 Å². The summed E-state index contributed by atoms with van der Waals surface area (Å²) in [4.78, 5) is 0. The van der Waals surface area contributed by atoms with Crippen LogP contribution < -0.4 is 5.32 Å². The Morgan fingerprint density at radius 1 is 1.11 bits per heavy atom. The lowest BCUT2D eigenvalue weighted by atomic mass is 9.93. The topological polar surface area (TPSA) is 25.2 Å².